The first-order valence-corrected chi connectivity index (χ1v) is 9.18. The van der Waals surface area contributed by atoms with E-state index in [9.17, 15) is 14.4 Å². The molecule has 0 aliphatic rings. The molecular formula is C21H21NO5S. The number of esters is 1. The van der Waals surface area contributed by atoms with Crippen LogP contribution in [0.25, 0.3) is 0 Å². The van der Waals surface area contributed by atoms with Crippen molar-refractivity contribution >= 4 is 34.7 Å². The van der Waals surface area contributed by atoms with Gasteiger partial charge in [-0.2, -0.15) is 0 Å². The maximum Gasteiger partial charge on any atom is 0.344 e. The zero-order valence-corrected chi connectivity index (χ0v) is 16.5. The third kappa shape index (κ3) is 5.23. The average molecular weight is 399 g/mol. The van der Waals surface area contributed by atoms with Gasteiger partial charge in [0.05, 0.1) is 6.61 Å². The molecule has 0 bridgehead atoms. The smallest absolute Gasteiger partial charge is 0.344 e. The summed E-state index contributed by atoms with van der Waals surface area (Å²) in [5.41, 5.74) is 7.11. The summed E-state index contributed by atoms with van der Waals surface area (Å²) in [6.45, 7) is 3.38. The zero-order valence-electron chi connectivity index (χ0n) is 15.7. The number of ketones is 2. The number of ether oxygens (including phenoxy) is 2. The Bertz CT molecular complexity index is 906. The summed E-state index contributed by atoms with van der Waals surface area (Å²) >= 11 is 4.91. The zero-order chi connectivity index (χ0) is 20.7. The van der Waals surface area contributed by atoms with E-state index < -0.39 is 5.97 Å². The summed E-state index contributed by atoms with van der Waals surface area (Å²) in [6, 6.07) is 11.0. The highest BCUT2D eigenvalue weighted by Crippen LogP contribution is 2.23. The van der Waals surface area contributed by atoms with Gasteiger partial charge >= 0.3 is 5.97 Å². The quantitative estimate of drug-likeness (QED) is 0.393. The van der Waals surface area contributed by atoms with E-state index in [1.54, 1.807) is 44.2 Å². The minimum absolute atomic E-state index is 0.167. The maximum absolute atomic E-state index is 13.0. The van der Waals surface area contributed by atoms with Gasteiger partial charge in [0.2, 0.25) is 0 Å². The van der Waals surface area contributed by atoms with Crippen LogP contribution in [0.4, 0.5) is 0 Å². The second-order valence-corrected chi connectivity index (χ2v) is 6.29. The minimum atomic E-state index is -0.516. The third-order valence-corrected chi connectivity index (χ3v) is 4.19. The molecule has 2 rings (SSSR count). The molecule has 2 N–H and O–H groups in total. The largest absolute Gasteiger partial charge is 0.482 e. The van der Waals surface area contributed by atoms with E-state index in [4.69, 9.17) is 27.4 Å². The van der Waals surface area contributed by atoms with Crippen molar-refractivity contribution in [1.29, 1.82) is 0 Å². The molecule has 7 heteroatoms. The average Bonchev–Trinajstić information content (AvgIpc) is 2.71. The number of nitrogens with two attached hydrogens (primary N) is 1. The van der Waals surface area contributed by atoms with Gasteiger partial charge in [-0.05, 0) is 25.1 Å². The number of Topliss-reactive ketones (excluding diaryl/α,β-unsaturated/α-hetero) is 1. The van der Waals surface area contributed by atoms with Crippen molar-refractivity contribution < 1.29 is 23.9 Å². The fraction of sp³-hybridized carbons (Fsp3) is 0.238. The number of thiocarbonyl (C=S) groups is 1. The molecule has 146 valence electrons. The van der Waals surface area contributed by atoms with Crippen molar-refractivity contribution in [1.82, 2.24) is 0 Å². The minimum Gasteiger partial charge on any atom is -0.482 e. The number of benzene rings is 2. The molecule has 2 aromatic rings. The van der Waals surface area contributed by atoms with Crippen molar-refractivity contribution in [3.05, 3.63) is 64.7 Å². The van der Waals surface area contributed by atoms with Crippen molar-refractivity contribution in [3.8, 4) is 5.75 Å². The topological polar surface area (TPSA) is 95.7 Å². The standard InChI is InChI=1S/C21H21NO5S/c1-3-18(23)16-10-9-15(27-12-19(24)26-4-2)11-17(16)20(25)13-5-7-14(8-6-13)21(22)28/h5-11H,3-4,12H2,1-2H3,(H2,22,28). The van der Waals surface area contributed by atoms with Crippen molar-refractivity contribution in [2.24, 2.45) is 5.73 Å². The van der Waals surface area contributed by atoms with Gasteiger partial charge in [-0.3, -0.25) is 9.59 Å². The van der Waals surface area contributed by atoms with E-state index in [1.165, 1.54) is 12.1 Å². The first-order valence-electron chi connectivity index (χ1n) is 8.77. The van der Waals surface area contributed by atoms with Crippen LogP contribution in [0.5, 0.6) is 5.75 Å². The van der Waals surface area contributed by atoms with E-state index >= 15 is 0 Å². The molecule has 0 aliphatic heterocycles. The molecule has 0 saturated heterocycles. The molecule has 0 aliphatic carbocycles. The highest BCUT2D eigenvalue weighted by atomic mass is 32.1. The molecule has 6 nitrogen and oxygen atoms in total. The second kappa shape index (κ2) is 9.75. The SMILES string of the molecule is CCOC(=O)COc1ccc(C(=O)CC)c(C(=O)c2ccc(C(N)=S)cc2)c1. The van der Waals surface area contributed by atoms with Crippen LogP contribution >= 0.6 is 12.2 Å². The molecule has 0 aromatic heterocycles. The lowest BCUT2D eigenvalue weighted by Gasteiger charge is -2.11. The summed E-state index contributed by atoms with van der Waals surface area (Å²) in [5.74, 6) is -0.728. The molecule has 2 aromatic carbocycles. The lowest BCUT2D eigenvalue weighted by atomic mass is 9.94. The van der Waals surface area contributed by atoms with Crippen LogP contribution in [0.2, 0.25) is 0 Å². The number of carbonyl (C=O) groups excluding carboxylic acids is 3. The van der Waals surface area contributed by atoms with E-state index in [2.05, 4.69) is 0 Å². The van der Waals surface area contributed by atoms with E-state index in [1.807, 2.05) is 0 Å². The molecule has 0 heterocycles. The predicted molar refractivity (Wildman–Crippen MR) is 109 cm³/mol. The number of rotatable bonds is 9. The number of carbonyl (C=O) groups is 3. The van der Waals surface area contributed by atoms with Gasteiger partial charge in [-0.1, -0.05) is 43.4 Å². The molecule has 0 radical (unpaired) electrons. The van der Waals surface area contributed by atoms with E-state index in [-0.39, 0.29) is 41.8 Å². The van der Waals surface area contributed by atoms with Crippen LogP contribution in [0.1, 0.15) is 52.1 Å². The Morgan fingerprint density at radius 1 is 0.964 bits per heavy atom. The van der Waals surface area contributed by atoms with Crippen molar-refractivity contribution in [2.75, 3.05) is 13.2 Å². The Morgan fingerprint density at radius 3 is 2.18 bits per heavy atom. The van der Waals surface area contributed by atoms with Crippen LogP contribution in [0.3, 0.4) is 0 Å². The summed E-state index contributed by atoms with van der Waals surface area (Å²) in [4.78, 5) is 37.0. The van der Waals surface area contributed by atoms with Crippen LogP contribution in [0, 0.1) is 0 Å². The normalized spacial score (nSPS) is 10.2. The van der Waals surface area contributed by atoms with Crippen molar-refractivity contribution in [3.63, 3.8) is 0 Å². The fourth-order valence-corrected chi connectivity index (χ4v) is 2.66. The Morgan fingerprint density at radius 2 is 1.61 bits per heavy atom. The highest BCUT2D eigenvalue weighted by molar-refractivity contribution is 7.80. The van der Waals surface area contributed by atoms with Gasteiger partial charge in [0.1, 0.15) is 10.7 Å². The Balaban J connectivity index is 2.36. The lowest BCUT2D eigenvalue weighted by molar-refractivity contribution is -0.145. The van der Waals surface area contributed by atoms with Crippen LogP contribution in [0.15, 0.2) is 42.5 Å². The first-order chi connectivity index (χ1) is 13.4. The molecule has 0 atom stereocenters. The van der Waals surface area contributed by atoms with Gasteiger partial charge in [0.15, 0.2) is 18.2 Å². The number of hydrogen-bond acceptors (Lipinski definition) is 6. The van der Waals surface area contributed by atoms with E-state index in [0.29, 0.717) is 22.4 Å². The Kier molecular flexibility index (Phi) is 7.40. The number of hydrogen-bond donors (Lipinski definition) is 1. The molecule has 0 saturated carbocycles. The molecule has 0 unspecified atom stereocenters. The van der Waals surface area contributed by atoms with Crippen LogP contribution in [-0.4, -0.2) is 35.7 Å². The Labute approximate surface area is 168 Å². The summed E-state index contributed by atoms with van der Waals surface area (Å²) in [7, 11) is 0. The van der Waals surface area contributed by atoms with Gasteiger partial charge in [0, 0.05) is 28.7 Å². The monoisotopic (exact) mass is 399 g/mol. The molecule has 0 amide bonds. The van der Waals surface area contributed by atoms with Crippen LogP contribution in [-0.2, 0) is 9.53 Å². The molecule has 28 heavy (non-hydrogen) atoms. The third-order valence-electron chi connectivity index (χ3n) is 3.95. The summed E-state index contributed by atoms with van der Waals surface area (Å²) in [6.07, 6.45) is 0.254. The molecule has 0 fully saturated rings. The van der Waals surface area contributed by atoms with Gasteiger partial charge in [-0.25, -0.2) is 4.79 Å². The summed E-state index contributed by atoms with van der Waals surface area (Å²) in [5, 5.41) is 0. The highest BCUT2D eigenvalue weighted by Gasteiger charge is 2.19. The van der Waals surface area contributed by atoms with Gasteiger partial charge in [0.25, 0.3) is 0 Å². The maximum atomic E-state index is 13.0. The van der Waals surface area contributed by atoms with Gasteiger partial charge in [-0.15, -0.1) is 0 Å². The van der Waals surface area contributed by atoms with Gasteiger partial charge < -0.3 is 15.2 Å². The van der Waals surface area contributed by atoms with Crippen LogP contribution < -0.4 is 10.5 Å². The lowest BCUT2D eigenvalue weighted by Crippen LogP contribution is -2.15. The van der Waals surface area contributed by atoms with Crippen molar-refractivity contribution in [2.45, 2.75) is 20.3 Å². The molecular weight excluding hydrogens is 378 g/mol. The predicted octanol–water partition coefficient (Wildman–Crippen LogP) is 3.09. The fourth-order valence-electron chi connectivity index (χ4n) is 2.52. The second-order valence-electron chi connectivity index (χ2n) is 5.85. The Hall–Kier alpha value is -3.06. The van der Waals surface area contributed by atoms with E-state index in [0.717, 1.165) is 0 Å². The molecule has 0 spiro atoms. The first kappa shape index (κ1) is 21.2. The summed E-state index contributed by atoms with van der Waals surface area (Å²) < 4.78 is 10.2.